The van der Waals surface area contributed by atoms with Gasteiger partial charge in [0.2, 0.25) is 0 Å². The van der Waals surface area contributed by atoms with Gasteiger partial charge in [-0.05, 0) is 75.8 Å². The van der Waals surface area contributed by atoms with Crippen LogP contribution in [-0.2, 0) is 5.41 Å². The van der Waals surface area contributed by atoms with Crippen molar-refractivity contribution in [1.82, 2.24) is 9.55 Å². The maximum Gasteiger partial charge on any atom is 0.0971 e. The lowest BCUT2D eigenvalue weighted by atomic mass is 9.68. The maximum atomic E-state index is 5.63. The number of anilines is 2. The van der Waals surface area contributed by atoms with Crippen LogP contribution in [0.15, 0.2) is 205 Å². The zero-order chi connectivity index (χ0) is 37.5. The van der Waals surface area contributed by atoms with Crippen LogP contribution in [0.1, 0.15) is 33.7 Å². The van der Waals surface area contributed by atoms with Gasteiger partial charge in [0.05, 0.1) is 33.7 Å². The number of hydrogen-bond acceptors (Lipinski definition) is 3. The molecule has 57 heavy (non-hydrogen) atoms. The molecule has 3 aliphatic rings. The summed E-state index contributed by atoms with van der Waals surface area (Å²) in [6.45, 7) is 0. The van der Waals surface area contributed by atoms with Gasteiger partial charge in [-0.3, -0.25) is 4.99 Å². The van der Waals surface area contributed by atoms with Crippen LogP contribution in [0.5, 0.6) is 0 Å². The van der Waals surface area contributed by atoms with E-state index in [1.807, 2.05) is 6.20 Å². The van der Waals surface area contributed by atoms with Gasteiger partial charge in [-0.25, -0.2) is 4.98 Å². The maximum absolute atomic E-state index is 5.63. The zero-order valence-electron chi connectivity index (χ0n) is 31.1. The molecule has 2 aromatic heterocycles. The molecule has 0 saturated heterocycles. The Morgan fingerprint density at radius 2 is 1.16 bits per heavy atom. The molecular formula is C53H36N4. The highest BCUT2D eigenvalue weighted by Gasteiger charge is 2.47. The molecule has 0 N–H and O–H groups in total. The Morgan fingerprint density at radius 3 is 1.91 bits per heavy atom. The molecular weight excluding hydrogens is 693 g/mol. The van der Waals surface area contributed by atoms with Gasteiger partial charge in [-0.1, -0.05) is 152 Å². The van der Waals surface area contributed by atoms with Crippen LogP contribution in [0.25, 0.3) is 50.0 Å². The van der Waals surface area contributed by atoms with E-state index < -0.39 is 5.41 Å². The second-order valence-corrected chi connectivity index (χ2v) is 15.3. The van der Waals surface area contributed by atoms with Crippen LogP contribution in [0.2, 0.25) is 0 Å². The molecule has 2 aliphatic heterocycles. The molecule has 0 fully saturated rings. The topological polar surface area (TPSA) is 33.4 Å². The highest BCUT2D eigenvalue weighted by Crippen LogP contribution is 2.56. The number of para-hydroxylation sites is 2. The Labute approximate surface area is 331 Å². The number of aromatic nitrogens is 2. The van der Waals surface area contributed by atoms with Crippen LogP contribution >= 0.6 is 0 Å². The monoisotopic (exact) mass is 728 g/mol. The van der Waals surface area contributed by atoms with Crippen LogP contribution in [0.3, 0.4) is 0 Å². The van der Waals surface area contributed by atoms with E-state index >= 15 is 0 Å². The minimum Gasteiger partial charge on any atom is -0.332 e. The molecule has 0 radical (unpaired) electrons. The first-order valence-corrected chi connectivity index (χ1v) is 19.7. The van der Waals surface area contributed by atoms with Gasteiger partial charge >= 0.3 is 0 Å². The van der Waals surface area contributed by atoms with Crippen LogP contribution < -0.4 is 4.90 Å². The fraction of sp³-hybridized carbons (Fsp3) is 0.0566. The molecule has 7 aromatic carbocycles. The van der Waals surface area contributed by atoms with E-state index in [1.165, 1.54) is 55.9 Å². The lowest BCUT2D eigenvalue weighted by molar-refractivity contribution is 0.767. The number of benzene rings is 7. The first-order valence-electron chi connectivity index (χ1n) is 19.7. The van der Waals surface area contributed by atoms with Crippen molar-refractivity contribution < 1.29 is 0 Å². The van der Waals surface area contributed by atoms with Crippen molar-refractivity contribution in [3.8, 4) is 28.1 Å². The minimum atomic E-state index is -0.522. The first-order chi connectivity index (χ1) is 28.3. The average molecular weight is 729 g/mol. The molecule has 2 atom stereocenters. The van der Waals surface area contributed by atoms with Crippen molar-refractivity contribution in [3.05, 3.63) is 228 Å². The third-order valence-electron chi connectivity index (χ3n) is 12.5. The molecule has 0 bridgehead atoms. The van der Waals surface area contributed by atoms with E-state index in [1.54, 1.807) is 0 Å². The van der Waals surface area contributed by atoms with Gasteiger partial charge in [-0.2, -0.15) is 0 Å². The number of fused-ring (bicyclic) bond motifs is 9. The molecule has 2 unspecified atom stereocenters. The van der Waals surface area contributed by atoms with Crippen molar-refractivity contribution in [2.24, 2.45) is 4.99 Å². The Morgan fingerprint density at radius 1 is 0.526 bits per heavy atom. The second-order valence-electron chi connectivity index (χ2n) is 15.3. The summed E-state index contributed by atoms with van der Waals surface area (Å²) in [4.78, 5) is 12.6. The lowest BCUT2D eigenvalue weighted by Gasteiger charge is -2.33. The van der Waals surface area contributed by atoms with E-state index in [0.717, 1.165) is 33.3 Å². The van der Waals surface area contributed by atoms with Gasteiger partial charge in [0.1, 0.15) is 0 Å². The molecule has 4 nitrogen and oxygen atoms in total. The summed E-state index contributed by atoms with van der Waals surface area (Å²) >= 11 is 0. The Balaban J connectivity index is 0.988. The predicted molar refractivity (Wildman–Crippen MR) is 234 cm³/mol. The quantitative estimate of drug-likeness (QED) is 0.177. The standard InChI is InChI=1S/C53H36N4/c1-3-13-37(14-4-1)53(38-15-5-2-6-16-38)45-20-10-7-18-43(45)51-46(53)33-49-52(55-51)44-19-9-12-22-48(44)56(49)39-27-23-35(24-28-39)36-25-29-40(30-26-36)57-47-21-11-8-17-41(47)42-31-32-54-34-50(42)57/h1-34,42,50H. The van der Waals surface area contributed by atoms with E-state index in [2.05, 4.69) is 215 Å². The normalized spacial score (nSPS) is 17.1. The summed E-state index contributed by atoms with van der Waals surface area (Å²) < 4.78 is 2.40. The second kappa shape index (κ2) is 12.4. The molecule has 0 amide bonds. The van der Waals surface area contributed by atoms with Crippen molar-refractivity contribution in [2.75, 3.05) is 4.90 Å². The predicted octanol–water partition coefficient (Wildman–Crippen LogP) is 12.4. The number of hydrogen-bond donors (Lipinski definition) is 0. The van der Waals surface area contributed by atoms with Gasteiger partial charge in [0.25, 0.3) is 0 Å². The number of rotatable bonds is 5. The minimum absolute atomic E-state index is 0.180. The summed E-state index contributed by atoms with van der Waals surface area (Å²) in [5, 5.41) is 1.15. The van der Waals surface area contributed by atoms with Crippen molar-refractivity contribution in [2.45, 2.75) is 17.4 Å². The van der Waals surface area contributed by atoms with Crippen molar-refractivity contribution in [1.29, 1.82) is 0 Å². The number of pyridine rings is 1. The first kappa shape index (κ1) is 32.0. The largest absolute Gasteiger partial charge is 0.332 e. The molecule has 4 heterocycles. The highest BCUT2D eigenvalue weighted by atomic mass is 15.2. The molecule has 9 aromatic rings. The van der Waals surface area contributed by atoms with Gasteiger partial charge < -0.3 is 9.47 Å². The molecule has 268 valence electrons. The van der Waals surface area contributed by atoms with Crippen molar-refractivity contribution >= 4 is 39.5 Å². The smallest absolute Gasteiger partial charge is 0.0971 e. The van der Waals surface area contributed by atoms with Gasteiger partial charge in [0, 0.05) is 51.9 Å². The Bertz CT molecular complexity index is 3030. The molecule has 0 spiro atoms. The summed E-state index contributed by atoms with van der Waals surface area (Å²) in [5.41, 5.74) is 17.1. The van der Waals surface area contributed by atoms with E-state index in [-0.39, 0.29) is 6.04 Å². The Kier molecular flexibility index (Phi) is 6.93. The average Bonchev–Trinajstić information content (AvgIpc) is 3.90. The number of nitrogens with zero attached hydrogens (tertiary/aromatic N) is 4. The Hall–Kier alpha value is -7.30. The molecule has 0 saturated carbocycles. The molecule has 4 heteroatoms. The zero-order valence-corrected chi connectivity index (χ0v) is 31.1. The summed E-state index contributed by atoms with van der Waals surface area (Å²) in [5.74, 6) is 0.312. The highest BCUT2D eigenvalue weighted by molar-refractivity contribution is 6.09. The fourth-order valence-electron chi connectivity index (χ4n) is 10.0. The van der Waals surface area contributed by atoms with Crippen LogP contribution in [0.4, 0.5) is 11.4 Å². The number of aliphatic imine (C=N–C) groups is 1. The molecule has 1 aliphatic carbocycles. The van der Waals surface area contributed by atoms with E-state index in [9.17, 15) is 0 Å². The van der Waals surface area contributed by atoms with E-state index in [4.69, 9.17) is 4.98 Å². The van der Waals surface area contributed by atoms with Gasteiger partial charge in [0.15, 0.2) is 0 Å². The summed E-state index contributed by atoms with van der Waals surface area (Å²) in [6, 6.07) is 68.8. The molecule has 12 rings (SSSR count). The summed E-state index contributed by atoms with van der Waals surface area (Å²) in [7, 11) is 0. The van der Waals surface area contributed by atoms with Crippen molar-refractivity contribution in [3.63, 3.8) is 0 Å². The third-order valence-corrected chi connectivity index (χ3v) is 12.5. The lowest BCUT2D eigenvalue weighted by Crippen LogP contribution is -2.32. The van der Waals surface area contributed by atoms with Crippen LogP contribution in [0, 0.1) is 0 Å². The third kappa shape index (κ3) is 4.55. The van der Waals surface area contributed by atoms with Gasteiger partial charge in [-0.15, -0.1) is 0 Å². The van der Waals surface area contributed by atoms with E-state index in [0.29, 0.717) is 5.92 Å². The SMILES string of the molecule is C1=CC2c3ccccc3N(c3ccc(-c4ccc(-n5c6ccccc6c6nc7c(cc65)C(c5ccccc5)(c5ccccc5)c5ccccc5-7)cc4)cc3)C2C=N1. The summed E-state index contributed by atoms with van der Waals surface area (Å²) in [6.07, 6.45) is 6.23. The fourth-order valence-corrected chi connectivity index (χ4v) is 10.0. The van der Waals surface area contributed by atoms with Crippen LogP contribution in [-0.4, -0.2) is 21.8 Å².